The monoisotopic (exact) mass is 271 g/mol. The highest BCUT2D eigenvalue weighted by molar-refractivity contribution is 7.89. The van der Waals surface area contributed by atoms with E-state index < -0.39 is 10.0 Å². The van der Waals surface area contributed by atoms with Gasteiger partial charge >= 0.3 is 0 Å². The SMILES string of the molecule is CCOCCNS(=O)(=O)c1ccc(C(C)C)cc1. The van der Waals surface area contributed by atoms with Gasteiger partial charge < -0.3 is 4.74 Å². The summed E-state index contributed by atoms with van der Waals surface area (Å²) in [5.41, 5.74) is 1.13. The molecule has 0 bridgehead atoms. The molecule has 0 radical (unpaired) electrons. The van der Waals surface area contributed by atoms with Crippen molar-refractivity contribution in [1.29, 1.82) is 0 Å². The molecule has 4 nitrogen and oxygen atoms in total. The number of rotatable bonds is 7. The summed E-state index contributed by atoms with van der Waals surface area (Å²) in [6.07, 6.45) is 0. The Balaban J connectivity index is 2.67. The van der Waals surface area contributed by atoms with Crippen molar-refractivity contribution in [3.05, 3.63) is 29.8 Å². The Morgan fingerprint density at radius 3 is 2.33 bits per heavy atom. The first-order chi connectivity index (χ1) is 8.47. The van der Waals surface area contributed by atoms with Gasteiger partial charge in [0.2, 0.25) is 10.0 Å². The molecule has 0 atom stereocenters. The van der Waals surface area contributed by atoms with E-state index in [9.17, 15) is 8.42 Å². The van der Waals surface area contributed by atoms with Crippen LogP contribution in [0.4, 0.5) is 0 Å². The van der Waals surface area contributed by atoms with Crippen molar-refractivity contribution >= 4 is 10.0 Å². The van der Waals surface area contributed by atoms with E-state index in [0.29, 0.717) is 30.6 Å². The van der Waals surface area contributed by atoms with Crippen molar-refractivity contribution in [2.24, 2.45) is 0 Å². The van der Waals surface area contributed by atoms with Crippen molar-refractivity contribution < 1.29 is 13.2 Å². The fourth-order valence-electron chi connectivity index (χ4n) is 1.51. The van der Waals surface area contributed by atoms with Crippen LogP contribution >= 0.6 is 0 Å². The van der Waals surface area contributed by atoms with Crippen molar-refractivity contribution in [2.45, 2.75) is 31.6 Å². The third kappa shape index (κ3) is 4.40. The molecule has 1 rings (SSSR count). The molecule has 0 amide bonds. The minimum atomic E-state index is -3.41. The average molecular weight is 271 g/mol. The zero-order valence-corrected chi connectivity index (χ0v) is 12.0. The summed E-state index contributed by atoms with van der Waals surface area (Å²) in [5, 5.41) is 0. The number of hydrogen-bond donors (Lipinski definition) is 1. The summed E-state index contributed by atoms with van der Waals surface area (Å²) in [6.45, 7) is 7.29. The number of benzene rings is 1. The molecule has 0 aliphatic rings. The van der Waals surface area contributed by atoms with Gasteiger partial charge in [-0.25, -0.2) is 13.1 Å². The molecule has 0 fully saturated rings. The first-order valence-electron chi connectivity index (χ1n) is 6.14. The van der Waals surface area contributed by atoms with E-state index in [1.165, 1.54) is 0 Å². The predicted molar refractivity (Wildman–Crippen MR) is 72.2 cm³/mol. The minimum Gasteiger partial charge on any atom is -0.380 e. The van der Waals surface area contributed by atoms with Crippen LogP contribution in [-0.4, -0.2) is 28.2 Å². The maximum absolute atomic E-state index is 11.9. The summed E-state index contributed by atoms with van der Waals surface area (Å²) < 4.78 is 31.4. The average Bonchev–Trinajstić information content (AvgIpc) is 2.35. The van der Waals surface area contributed by atoms with E-state index in [1.807, 2.05) is 19.1 Å². The summed E-state index contributed by atoms with van der Waals surface area (Å²) >= 11 is 0. The van der Waals surface area contributed by atoms with Gasteiger partial charge in [-0.1, -0.05) is 26.0 Å². The normalized spacial score (nSPS) is 12.0. The lowest BCUT2D eigenvalue weighted by Crippen LogP contribution is -2.27. The van der Waals surface area contributed by atoms with Crippen LogP contribution in [0.25, 0.3) is 0 Å². The van der Waals surface area contributed by atoms with Gasteiger partial charge in [-0.3, -0.25) is 0 Å². The van der Waals surface area contributed by atoms with Gasteiger partial charge in [-0.15, -0.1) is 0 Å². The summed E-state index contributed by atoms with van der Waals surface area (Å²) in [4.78, 5) is 0.295. The van der Waals surface area contributed by atoms with Crippen LogP contribution < -0.4 is 4.72 Å². The van der Waals surface area contributed by atoms with Gasteiger partial charge in [-0.2, -0.15) is 0 Å². The van der Waals surface area contributed by atoms with E-state index >= 15 is 0 Å². The Morgan fingerprint density at radius 2 is 1.83 bits per heavy atom. The second kappa shape index (κ2) is 6.87. The zero-order valence-electron chi connectivity index (χ0n) is 11.1. The Kier molecular flexibility index (Phi) is 5.78. The molecule has 0 saturated carbocycles. The van der Waals surface area contributed by atoms with Crippen LogP contribution in [0, 0.1) is 0 Å². The maximum Gasteiger partial charge on any atom is 0.240 e. The smallest absolute Gasteiger partial charge is 0.240 e. The number of ether oxygens (including phenoxy) is 1. The molecule has 0 aliphatic carbocycles. The van der Waals surface area contributed by atoms with Crippen LogP contribution in [0.5, 0.6) is 0 Å². The fourth-order valence-corrected chi connectivity index (χ4v) is 2.52. The number of nitrogens with one attached hydrogen (secondary N) is 1. The predicted octanol–water partition coefficient (Wildman–Crippen LogP) is 2.12. The third-order valence-electron chi connectivity index (χ3n) is 2.60. The van der Waals surface area contributed by atoms with Gasteiger partial charge in [0.05, 0.1) is 11.5 Å². The highest BCUT2D eigenvalue weighted by Gasteiger charge is 2.13. The lowest BCUT2D eigenvalue weighted by Gasteiger charge is -2.09. The fraction of sp³-hybridized carbons (Fsp3) is 0.538. The summed E-state index contributed by atoms with van der Waals surface area (Å²) in [5.74, 6) is 0.396. The van der Waals surface area contributed by atoms with Gasteiger partial charge in [0, 0.05) is 13.2 Å². The van der Waals surface area contributed by atoms with Crippen LogP contribution in [0.3, 0.4) is 0 Å². The van der Waals surface area contributed by atoms with Gasteiger partial charge in [-0.05, 0) is 30.5 Å². The number of hydrogen-bond acceptors (Lipinski definition) is 3. The molecule has 0 aromatic heterocycles. The number of sulfonamides is 1. The molecule has 102 valence electrons. The molecule has 0 aliphatic heterocycles. The lowest BCUT2D eigenvalue weighted by atomic mass is 10.0. The van der Waals surface area contributed by atoms with Crippen LogP contribution in [0.2, 0.25) is 0 Å². The van der Waals surface area contributed by atoms with E-state index in [4.69, 9.17) is 4.74 Å². The molecule has 1 N–H and O–H groups in total. The molecule has 18 heavy (non-hydrogen) atoms. The first-order valence-corrected chi connectivity index (χ1v) is 7.63. The zero-order chi connectivity index (χ0) is 13.6. The van der Waals surface area contributed by atoms with E-state index in [2.05, 4.69) is 18.6 Å². The van der Waals surface area contributed by atoms with E-state index in [0.717, 1.165) is 5.56 Å². The molecular weight excluding hydrogens is 250 g/mol. The van der Waals surface area contributed by atoms with Crippen LogP contribution in [0.1, 0.15) is 32.3 Å². The Bertz CT molecular complexity index is 452. The molecule has 0 saturated heterocycles. The third-order valence-corrected chi connectivity index (χ3v) is 4.08. The standard InChI is InChI=1S/C13H21NO3S/c1-4-17-10-9-14-18(15,16)13-7-5-12(6-8-13)11(2)3/h5-8,11,14H,4,9-10H2,1-3H3. The second-order valence-electron chi connectivity index (χ2n) is 4.32. The van der Waals surface area contributed by atoms with Gasteiger partial charge in [0.15, 0.2) is 0 Å². The topological polar surface area (TPSA) is 55.4 Å². The molecule has 1 aromatic rings. The maximum atomic E-state index is 11.9. The van der Waals surface area contributed by atoms with Crippen molar-refractivity contribution in [3.8, 4) is 0 Å². The summed E-state index contributed by atoms with van der Waals surface area (Å²) in [6, 6.07) is 6.97. The van der Waals surface area contributed by atoms with E-state index in [-0.39, 0.29) is 0 Å². The Hall–Kier alpha value is -0.910. The second-order valence-corrected chi connectivity index (χ2v) is 6.09. The Morgan fingerprint density at radius 1 is 1.22 bits per heavy atom. The molecule has 0 unspecified atom stereocenters. The largest absolute Gasteiger partial charge is 0.380 e. The molecule has 1 aromatic carbocycles. The van der Waals surface area contributed by atoms with Crippen molar-refractivity contribution in [1.82, 2.24) is 4.72 Å². The summed E-state index contributed by atoms with van der Waals surface area (Å²) in [7, 11) is -3.41. The van der Waals surface area contributed by atoms with Gasteiger partial charge in [0.1, 0.15) is 0 Å². The molecule has 5 heteroatoms. The van der Waals surface area contributed by atoms with E-state index in [1.54, 1.807) is 12.1 Å². The minimum absolute atomic E-state index is 0.294. The van der Waals surface area contributed by atoms with Gasteiger partial charge in [0.25, 0.3) is 0 Å². The highest BCUT2D eigenvalue weighted by Crippen LogP contribution is 2.16. The first kappa shape index (κ1) is 15.1. The van der Waals surface area contributed by atoms with Crippen molar-refractivity contribution in [2.75, 3.05) is 19.8 Å². The quantitative estimate of drug-likeness (QED) is 0.773. The highest BCUT2D eigenvalue weighted by atomic mass is 32.2. The van der Waals surface area contributed by atoms with Crippen molar-refractivity contribution in [3.63, 3.8) is 0 Å². The molecular formula is C13H21NO3S. The lowest BCUT2D eigenvalue weighted by molar-refractivity contribution is 0.153. The van der Waals surface area contributed by atoms with Crippen LogP contribution in [0.15, 0.2) is 29.2 Å². The Labute approximate surface area is 109 Å². The molecule has 0 spiro atoms. The van der Waals surface area contributed by atoms with Crippen LogP contribution in [-0.2, 0) is 14.8 Å². The molecule has 0 heterocycles.